The molecule has 0 rings (SSSR count). The standard InChI is InChI=1S/C10H21NO4/c1-11(9-10(12)14-3)5-4-6-15-8-7-13-2/h4-9H2,1-3H3. The molecule has 0 heterocycles. The average Bonchev–Trinajstić information content (AvgIpc) is 2.23. The highest BCUT2D eigenvalue weighted by Gasteiger charge is 2.04. The number of rotatable bonds is 9. The van der Waals surface area contributed by atoms with Crippen LogP contribution in [0.15, 0.2) is 0 Å². The Balaban J connectivity index is 3.23. The third-order valence-electron chi connectivity index (χ3n) is 1.89. The van der Waals surface area contributed by atoms with Crippen LogP contribution < -0.4 is 0 Å². The van der Waals surface area contributed by atoms with Crippen molar-refractivity contribution in [1.82, 2.24) is 4.90 Å². The van der Waals surface area contributed by atoms with Gasteiger partial charge in [-0.3, -0.25) is 9.69 Å². The molecule has 0 aromatic carbocycles. The molecule has 0 fully saturated rings. The monoisotopic (exact) mass is 219 g/mol. The third-order valence-corrected chi connectivity index (χ3v) is 1.89. The number of likely N-dealkylation sites (N-methyl/N-ethyl adjacent to an activating group) is 1. The lowest BCUT2D eigenvalue weighted by Crippen LogP contribution is -2.28. The van der Waals surface area contributed by atoms with Gasteiger partial charge in [0, 0.05) is 20.3 Å². The Bertz CT molecular complexity index is 164. The molecule has 0 saturated carbocycles. The van der Waals surface area contributed by atoms with Crippen molar-refractivity contribution in [3.8, 4) is 0 Å². The van der Waals surface area contributed by atoms with E-state index in [0.29, 0.717) is 26.4 Å². The first-order valence-electron chi connectivity index (χ1n) is 5.02. The Morgan fingerprint density at radius 3 is 2.53 bits per heavy atom. The molecule has 5 nitrogen and oxygen atoms in total. The normalized spacial score (nSPS) is 10.7. The van der Waals surface area contributed by atoms with Gasteiger partial charge in [-0.15, -0.1) is 0 Å². The number of carbonyl (C=O) groups excluding carboxylic acids is 1. The van der Waals surface area contributed by atoms with Crippen LogP contribution in [0, 0.1) is 0 Å². The first-order valence-corrected chi connectivity index (χ1v) is 5.02. The highest BCUT2D eigenvalue weighted by molar-refractivity contribution is 5.71. The van der Waals surface area contributed by atoms with Crippen LogP contribution in [0.5, 0.6) is 0 Å². The minimum atomic E-state index is -0.210. The number of ether oxygens (including phenoxy) is 3. The molecule has 0 bridgehead atoms. The lowest BCUT2D eigenvalue weighted by atomic mass is 10.4. The molecule has 0 radical (unpaired) electrons. The van der Waals surface area contributed by atoms with Crippen molar-refractivity contribution in [2.45, 2.75) is 6.42 Å². The van der Waals surface area contributed by atoms with Crippen LogP contribution in [0.4, 0.5) is 0 Å². The van der Waals surface area contributed by atoms with Crippen molar-refractivity contribution in [3.63, 3.8) is 0 Å². The fourth-order valence-electron chi connectivity index (χ4n) is 1.04. The Hall–Kier alpha value is -0.650. The summed E-state index contributed by atoms with van der Waals surface area (Å²) in [4.78, 5) is 12.8. The van der Waals surface area contributed by atoms with Gasteiger partial charge in [-0.1, -0.05) is 0 Å². The SMILES string of the molecule is COCCOCCCN(C)CC(=O)OC. The summed E-state index contributed by atoms with van der Waals surface area (Å²) in [5.74, 6) is -0.210. The Morgan fingerprint density at radius 1 is 1.20 bits per heavy atom. The fraction of sp³-hybridized carbons (Fsp3) is 0.900. The molecule has 0 aromatic rings. The molecule has 0 saturated heterocycles. The number of hydrogen-bond donors (Lipinski definition) is 0. The Morgan fingerprint density at radius 2 is 1.93 bits per heavy atom. The van der Waals surface area contributed by atoms with Gasteiger partial charge in [0.1, 0.15) is 0 Å². The largest absolute Gasteiger partial charge is 0.468 e. The zero-order chi connectivity index (χ0) is 11.5. The summed E-state index contributed by atoms with van der Waals surface area (Å²) in [6.45, 7) is 3.08. The number of nitrogens with zero attached hydrogens (tertiary/aromatic N) is 1. The van der Waals surface area contributed by atoms with Crippen molar-refractivity contribution in [2.24, 2.45) is 0 Å². The van der Waals surface area contributed by atoms with Crippen LogP contribution in [0.3, 0.4) is 0 Å². The van der Waals surface area contributed by atoms with Crippen LogP contribution in [-0.4, -0.2) is 65.0 Å². The second kappa shape index (κ2) is 9.89. The van der Waals surface area contributed by atoms with Gasteiger partial charge in [-0.05, 0) is 13.5 Å². The van der Waals surface area contributed by atoms with Gasteiger partial charge in [0.05, 0.1) is 26.9 Å². The Kier molecular flexibility index (Phi) is 9.46. The van der Waals surface area contributed by atoms with Crippen molar-refractivity contribution < 1.29 is 19.0 Å². The molecule has 0 aromatic heterocycles. The van der Waals surface area contributed by atoms with E-state index in [1.165, 1.54) is 7.11 Å². The van der Waals surface area contributed by atoms with E-state index < -0.39 is 0 Å². The summed E-state index contributed by atoms with van der Waals surface area (Å²) in [7, 11) is 4.92. The van der Waals surface area contributed by atoms with E-state index in [2.05, 4.69) is 4.74 Å². The van der Waals surface area contributed by atoms with Gasteiger partial charge in [0.2, 0.25) is 0 Å². The van der Waals surface area contributed by atoms with Gasteiger partial charge in [-0.2, -0.15) is 0 Å². The molecule has 0 spiro atoms. The van der Waals surface area contributed by atoms with E-state index >= 15 is 0 Å². The van der Waals surface area contributed by atoms with Crippen LogP contribution in [0.1, 0.15) is 6.42 Å². The topological polar surface area (TPSA) is 48.0 Å². The average molecular weight is 219 g/mol. The molecule has 0 amide bonds. The van der Waals surface area contributed by atoms with Gasteiger partial charge >= 0.3 is 5.97 Å². The maximum Gasteiger partial charge on any atom is 0.319 e. The second-order valence-electron chi connectivity index (χ2n) is 3.27. The summed E-state index contributed by atoms with van der Waals surface area (Å²) in [5, 5.41) is 0. The lowest BCUT2D eigenvalue weighted by molar-refractivity contribution is -0.141. The molecule has 0 aliphatic rings. The van der Waals surface area contributed by atoms with Crippen molar-refractivity contribution in [1.29, 1.82) is 0 Å². The molecular weight excluding hydrogens is 198 g/mol. The predicted molar refractivity (Wildman–Crippen MR) is 56.8 cm³/mol. The van der Waals surface area contributed by atoms with E-state index in [1.54, 1.807) is 7.11 Å². The summed E-state index contributed by atoms with van der Waals surface area (Å²) < 4.78 is 14.7. The van der Waals surface area contributed by atoms with Crippen LogP contribution in [0.2, 0.25) is 0 Å². The van der Waals surface area contributed by atoms with E-state index in [-0.39, 0.29) is 5.97 Å². The molecule has 0 unspecified atom stereocenters. The molecule has 0 aliphatic heterocycles. The zero-order valence-corrected chi connectivity index (χ0v) is 9.82. The van der Waals surface area contributed by atoms with Gasteiger partial charge in [0.25, 0.3) is 0 Å². The summed E-state index contributed by atoms with van der Waals surface area (Å²) in [5.41, 5.74) is 0. The molecule has 0 N–H and O–H groups in total. The highest BCUT2D eigenvalue weighted by Crippen LogP contribution is 1.90. The summed E-state index contributed by atoms with van der Waals surface area (Å²) in [6.07, 6.45) is 0.900. The predicted octanol–water partition coefficient (Wildman–Crippen LogP) is 0.144. The number of methoxy groups -OCH3 is 2. The summed E-state index contributed by atoms with van der Waals surface area (Å²) >= 11 is 0. The quantitative estimate of drug-likeness (QED) is 0.408. The van der Waals surface area contributed by atoms with Crippen molar-refractivity contribution in [2.75, 3.05) is 54.2 Å². The molecular formula is C10H21NO4. The fourth-order valence-corrected chi connectivity index (χ4v) is 1.04. The van der Waals surface area contributed by atoms with Crippen LogP contribution in [0.25, 0.3) is 0 Å². The molecule has 90 valence electrons. The summed E-state index contributed by atoms with van der Waals surface area (Å²) in [6, 6.07) is 0. The minimum Gasteiger partial charge on any atom is -0.468 e. The zero-order valence-electron chi connectivity index (χ0n) is 9.82. The van der Waals surface area contributed by atoms with Gasteiger partial charge in [0.15, 0.2) is 0 Å². The van der Waals surface area contributed by atoms with E-state index in [9.17, 15) is 4.79 Å². The molecule has 0 atom stereocenters. The second-order valence-corrected chi connectivity index (χ2v) is 3.27. The number of esters is 1. The maximum absolute atomic E-state index is 10.9. The van der Waals surface area contributed by atoms with Crippen molar-refractivity contribution in [3.05, 3.63) is 0 Å². The highest BCUT2D eigenvalue weighted by atomic mass is 16.5. The first-order chi connectivity index (χ1) is 7.20. The van der Waals surface area contributed by atoms with Gasteiger partial charge < -0.3 is 14.2 Å². The smallest absolute Gasteiger partial charge is 0.319 e. The molecule has 0 aliphatic carbocycles. The van der Waals surface area contributed by atoms with E-state index in [4.69, 9.17) is 9.47 Å². The third kappa shape index (κ3) is 9.65. The first kappa shape index (κ1) is 14.3. The van der Waals surface area contributed by atoms with E-state index in [1.807, 2.05) is 11.9 Å². The van der Waals surface area contributed by atoms with Crippen LogP contribution >= 0.6 is 0 Å². The van der Waals surface area contributed by atoms with Crippen molar-refractivity contribution >= 4 is 5.97 Å². The van der Waals surface area contributed by atoms with Crippen LogP contribution in [-0.2, 0) is 19.0 Å². The Labute approximate surface area is 91.3 Å². The lowest BCUT2D eigenvalue weighted by Gasteiger charge is -2.14. The number of hydrogen-bond acceptors (Lipinski definition) is 5. The molecule has 15 heavy (non-hydrogen) atoms. The number of carbonyl (C=O) groups is 1. The van der Waals surface area contributed by atoms with E-state index in [0.717, 1.165) is 13.0 Å². The molecule has 5 heteroatoms. The minimum absolute atomic E-state index is 0.210. The maximum atomic E-state index is 10.9. The van der Waals surface area contributed by atoms with Gasteiger partial charge in [-0.25, -0.2) is 0 Å².